The van der Waals surface area contributed by atoms with Crippen LogP contribution in [0, 0.1) is 0 Å². The first kappa shape index (κ1) is 15.8. The Morgan fingerprint density at radius 3 is 2.53 bits per heavy atom. The number of amides is 2. The highest BCUT2D eigenvalue weighted by Gasteiger charge is 2.52. The number of esters is 1. The van der Waals surface area contributed by atoms with Crippen molar-refractivity contribution in [3.63, 3.8) is 0 Å². The van der Waals surface area contributed by atoms with E-state index in [1.54, 1.807) is 0 Å². The molecule has 0 aromatic heterocycles. The number of carbonyl (C=O) groups is 3. The highest BCUT2D eigenvalue weighted by Crippen LogP contribution is 2.29. The lowest BCUT2D eigenvalue weighted by atomic mass is 9.99. The summed E-state index contributed by atoms with van der Waals surface area (Å²) in [4.78, 5) is 35.6. The maximum atomic E-state index is 11.9. The second-order valence-corrected chi connectivity index (χ2v) is 4.73. The van der Waals surface area contributed by atoms with E-state index in [0.717, 1.165) is 4.90 Å². The van der Waals surface area contributed by atoms with Gasteiger partial charge >= 0.3 is 5.97 Å². The Bertz CT molecular complexity index is 411. The molecule has 0 radical (unpaired) electrons. The normalized spacial score (nSPS) is 23.4. The molecule has 1 aliphatic heterocycles. The van der Waals surface area contributed by atoms with Crippen LogP contribution >= 0.6 is 23.2 Å². The lowest BCUT2D eigenvalue weighted by Crippen LogP contribution is -2.72. The first-order valence-corrected chi connectivity index (χ1v) is 6.37. The maximum absolute atomic E-state index is 11.9. The smallest absolute Gasteiger partial charge is 0.333 e. The lowest BCUT2D eigenvalue weighted by Gasteiger charge is -2.46. The molecule has 0 aromatic carbocycles. The molecular formula is C11H14Cl2N2O4. The number of ether oxygens (including phenoxy) is 1. The summed E-state index contributed by atoms with van der Waals surface area (Å²) < 4.78 is 4.61. The first-order chi connectivity index (χ1) is 8.84. The van der Waals surface area contributed by atoms with Crippen LogP contribution < -0.4 is 5.32 Å². The number of rotatable bonds is 5. The first-order valence-electron chi connectivity index (χ1n) is 5.40. The Morgan fingerprint density at radius 1 is 1.58 bits per heavy atom. The molecule has 2 amide bonds. The van der Waals surface area contributed by atoms with Crippen LogP contribution in [0.2, 0.25) is 0 Å². The number of halogens is 2. The zero-order chi connectivity index (χ0) is 14.7. The van der Waals surface area contributed by atoms with E-state index in [9.17, 15) is 14.4 Å². The number of likely N-dealkylation sites (tertiary alicyclic amines) is 1. The zero-order valence-corrected chi connectivity index (χ0v) is 12.0. The van der Waals surface area contributed by atoms with Gasteiger partial charge in [0, 0.05) is 12.8 Å². The summed E-state index contributed by atoms with van der Waals surface area (Å²) in [5.41, 5.74) is -0.547. The minimum absolute atomic E-state index is 0.0159. The van der Waals surface area contributed by atoms with Gasteiger partial charge in [0.2, 0.25) is 5.91 Å². The molecule has 3 unspecified atom stereocenters. The predicted molar refractivity (Wildman–Crippen MR) is 69.8 cm³/mol. The van der Waals surface area contributed by atoms with Gasteiger partial charge in [0.15, 0.2) is 6.04 Å². The van der Waals surface area contributed by atoms with E-state index in [1.165, 1.54) is 14.0 Å². The number of methoxy groups -OCH3 is 1. The maximum Gasteiger partial charge on any atom is 0.333 e. The molecule has 1 heterocycles. The molecule has 0 bridgehead atoms. The van der Waals surface area contributed by atoms with Crippen molar-refractivity contribution >= 4 is 41.0 Å². The predicted octanol–water partition coefficient (Wildman–Crippen LogP) is 0.235. The van der Waals surface area contributed by atoms with Gasteiger partial charge in [-0.3, -0.25) is 9.59 Å². The average molecular weight is 309 g/mol. The van der Waals surface area contributed by atoms with Gasteiger partial charge in [0.1, 0.15) is 11.5 Å². The van der Waals surface area contributed by atoms with Crippen molar-refractivity contribution in [2.24, 2.45) is 0 Å². The third kappa shape index (κ3) is 3.01. The summed E-state index contributed by atoms with van der Waals surface area (Å²) in [5.74, 6) is -1.55. The molecule has 19 heavy (non-hydrogen) atoms. The lowest BCUT2D eigenvalue weighted by molar-refractivity contribution is -0.161. The van der Waals surface area contributed by atoms with E-state index >= 15 is 0 Å². The minimum Gasteiger partial charge on any atom is -0.467 e. The zero-order valence-electron chi connectivity index (χ0n) is 10.5. The fourth-order valence-corrected chi connectivity index (χ4v) is 2.28. The molecule has 8 heteroatoms. The Kier molecular flexibility index (Phi) is 5.20. The number of nitrogens with one attached hydrogen (secondary N) is 1. The van der Waals surface area contributed by atoms with E-state index in [-0.39, 0.29) is 11.8 Å². The highest BCUT2D eigenvalue weighted by molar-refractivity contribution is 6.27. The molecule has 1 saturated heterocycles. The molecule has 0 saturated carbocycles. The number of alkyl halides is 2. The Morgan fingerprint density at radius 2 is 2.16 bits per heavy atom. The van der Waals surface area contributed by atoms with Crippen LogP contribution in [-0.2, 0) is 19.1 Å². The molecule has 0 spiro atoms. The summed E-state index contributed by atoms with van der Waals surface area (Å²) in [6.45, 7) is 4.90. The van der Waals surface area contributed by atoms with Gasteiger partial charge in [-0.25, -0.2) is 4.79 Å². The SMILES string of the molecule is C=C(CCl)C(C(=O)OC)N1C(=O)C(NC(C)=O)C1Cl. The van der Waals surface area contributed by atoms with Gasteiger partial charge in [-0.05, 0) is 5.57 Å². The molecule has 1 N–H and O–H groups in total. The van der Waals surface area contributed by atoms with Crippen LogP contribution in [0.1, 0.15) is 6.92 Å². The molecule has 106 valence electrons. The van der Waals surface area contributed by atoms with Crippen molar-refractivity contribution in [1.82, 2.24) is 10.2 Å². The fourth-order valence-electron chi connectivity index (χ4n) is 1.76. The van der Waals surface area contributed by atoms with Gasteiger partial charge < -0.3 is 15.0 Å². The summed E-state index contributed by atoms with van der Waals surface area (Å²) >= 11 is 11.6. The second-order valence-electron chi connectivity index (χ2n) is 4.01. The molecule has 6 nitrogen and oxygen atoms in total. The van der Waals surface area contributed by atoms with Gasteiger partial charge in [0.05, 0.1) is 7.11 Å². The van der Waals surface area contributed by atoms with Crippen molar-refractivity contribution < 1.29 is 19.1 Å². The van der Waals surface area contributed by atoms with Crippen LogP contribution in [0.3, 0.4) is 0 Å². The van der Waals surface area contributed by atoms with E-state index < -0.39 is 29.5 Å². The summed E-state index contributed by atoms with van der Waals surface area (Å²) in [7, 11) is 1.19. The molecular weight excluding hydrogens is 295 g/mol. The van der Waals surface area contributed by atoms with Crippen LogP contribution in [0.5, 0.6) is 0 Å². The van der Waals surface area contributed by atoms with Crippen molar-refractivity contribution in [2.75, 3.05) is 13.0 Å². The molecule has 1 fully saturated rings. The molecule has 0 aromatic rings. The van der Waals surface area contributed by atoms with Gasteiger partial charge in [-0.2, -0.15) is 0 Å². The van der Waals surface area contributed by atoms with E-state index in [1.807, 2.05) is 0 Å². The topological polar surface area (TPSA) is 75.7 Å². The van der Waals surface area contributed by atoms with E-state index in [2.05, 4.69) is 16.6 Å². The third-order valence-corrected chi connectivity index (χ3v) is 3.49. The average Bonchev–Trinajstić information content (AvgIpc) is 2.39. The monoisotopic (exact) mass is 308 g/mol. The van der Waals surface area contributed by atoms with Gasteiger partial charge in [-0.1, -0.05) is 18.2 Å². The van der Waals surface area contributed by atoms with Crippen LogP contribution in [-0.4, -0.2) is 53.3 Å². The largest absolute Gasteiger partial charge is 0.467 e. The van der Waals surface area contributed by atoms with Gasteiger partial charge in [0.25, 0.3) is 5.91 Å². The third-order valence-electron chi connectivity index (χ3n) is 2.68. The van der Waals surface area contributed by atoms with Crippen LogP contribution in [0.15, 0.2) is 12.2 Å². The standard InChI is InChI=1S/C11H14Cl2N2O4/c1-5(4-12)8(11(18)19-3)15-9(13)7(10(15)17)14-6(2)16/h7-9H,1,4H2,2-3H3,(H,14,16). The Hall–Kier alpha value is -1.27. The van der Waals surface area contributed by atoms with Crippen molar-refractivity contribution in [3.05, 3.63) is 12.2 Å². The number of nitrogens with zero attached hydrogens (tertiary/aromatic N) is 1. The molecule has 3 atom stereocenters. The number of β-lactam (4-membered cyclic amide) rings is 1. The van der Waals surface area contributed by atoms with Gasteiger partial charge in [-0.15, -0.1) is 11.6 Å². The van der Waals surface area contributed by atoms with Crippen LogP contribution in [0.25, 0.3) is 0 Å². The molecule has 1 rings (SSSR count). The van der Waals surface area contributed by atoms with Crippen LogP contribution in [0.4, 0.5) is 0 Å². The van der Waals surface area contributed by atoms with Crippen molar-refractivity contribution in [2.45, 2.75) is 24.5 Å². The second kappa shape index (κ2) is 6.25. The van der Waals surface area contributed by atoms with E-state index in [4.69, 9.17) is 23.2 Å². The Balaban J connectivity index is 2.89. The Labute approximate surface area is 120 Å². The molecule has 0 aliphatic carbocycles. The van der Waals surface area contributed by atoms with Crippen molar-refractivity contribution in [1.29, 1.82) is 0 Å². The number of carbonyl (C=O) groups excluding carboxylic acids is 3. The fraction of sp³-hybridized carbons (Fsp3) is 0.545. The summed E-state index contributed by atoms with van der Waals surface area (Å²) in [5, 5.41) is 2.40. The quantitative estimate of drug-likeness (QED) is 0.259. The van der Waals surface area contributed by atoms with E-state index in [0.29, 0.717) is 5.57 Å². The number of hydrogen-bond acceptors (Lipinski definition) is 4. The number of hydrogen-bond donors (Lipinski definition) is 1. The van der Waals surface area contributed by atoms with Crippen molar-refractivity contribution in [3.8, 4) is 0 Å². The molecule has 1 aliphatic rings. The summed E-state index contributed by atoms with van der Waals surface area (Å²) in [6, 6.07) is -1.89. The highest BCUT2D eigenvalue weighted by atomic mass is 35.5. The minimum atomic E-state index is -1.04. The summed E-state index contributed by atoms with van der Waals surface area (Å²) in [6.07, 6.45) is 0.